The van der Waals surface area contributed by atoms with Gasteiger partial charge in [0.1, 0.15) is 16.2 Å². The van der Waals surface area contributed by atoms with Gasteiger partial charge >= 0.3 is 0 Å². The van der Waals surface area contributed by atoms with Crippen LogP contribution in [0.1, 0.15) is 25.6 Å². The fourth-order valence-electron chi connectivity index (χ4n) is 2.17. The second kappa shape index (κ2) is 5.78. The van der Waals surface area contributed by atoms with Crippen molar-refractivity contribution in [3.63, 3.8) is 0 Å². The number of piperidine rings is 1. The molecule has 0 atom stereocenters. The smallest absolute Gasteiger partial charge is 0.133 e. The highest BCUT2D eigenvalue weighted by Crippen LogP contribution is 2.21. The maximum atomic E-state index is 5.65. The molecule has 0 unspecified atom stereocenters. The first-order valence-electron chi connectivity index (χ1n) is 6.06. The molecule has 1 aliphatic rings. The summed E-state index contributed by atoms with van der Waals surface area (Å²) >= 11 is 3.41. The summed E-state index contributed by atoms with van der Waals surface area (Å²) in [5.41, 5.74) is 0. The van der Waals surface area contributed by atoms with Crippen molar-refractivity contribution in [3.8, 4) is 0 Å². The Morgan fingerprint density at radius 2 is 2.12 bits per heavy atom. The van der Waals surface area contributed by atoms with Gasteiger partial charge in [0.15, 0.2) is 0 Å². The summed E-state index contributed by atoms with van der Waals surface area (Å²) in [6, 6.07) is 1.98. The molecule has 2 rings (SSSR count). The van der Waals surface area contributed by atoms with Crippen molar-refractivity contribution in [2.24, 2.45) is 0 Å². The average molecular weight is 300 g/mol. The van der Waals surface area contributed by atoms with Gasteiger partial charge < -0.3 is 9.64 Å². The largest absolute Gasteiger partial charge is 0.378 e. The second-order valence-electron chi connectivity index (χ2n) is 4.24. The molecule has 17 heavy (non-hydrogen) atoms. The van der Waals surface area contributed by atoms with Gasteiger partial charge in [-0.3, -0.25) is 0 Å². The van der Waals surface area contributed by atoms with Crippen LogP contribution in [-0.4, -0.2) is 35.8 Å². The van der Waals surface area contributed by atoms with E-state index in [9.17, 15) is 0 Å². The molecular formula is C12H18BrN3O. The lowest BCUT2D eigenvalue weighted by atomic mass is 10.1. The molecule has 1 aromatic heterocycles. The third-order valence-corrected chi connectivity index (χ3v) is 3.37. The lowest BCUT2D eigenvalue weighted by Gasteiger charge is -2.32. The Kier molecular flexibility index (Phi) is 4.34. The lowest BCUT2D eigenvalue weighted by Crippen LogP contribution is -2.37. The number of hydrogen-bond acceptors (Lipinski definition) is 4. The van der Waals surface area contributed by atoms with Crippen LogP contribution in [-0.2, 0) is 4.74 Å². The second-order valence-corrected chi connectivity index (χ2v) is 5.05. The molecule has 0 bridgehead atoms. The third-order valence-electron chi connectivity index (χ3n) is 2.96. The van der Waals surface area contributed by atoms with E-state index >= 15 is 0 Å². The lowest BCUT2D eigenvalue weighted by molar-refractivity contribution is 0.0458. The Bertz CT molecular complexity index is 358. The predicted molar refractivity (Wildman–Crippen MR) is 71.3 cm³/mol. The Hall–Kier alpha value is -0.680. The number of halogens is 1. The molecule has 0 aromatic carbocycles. The number of ether oxygens (including phenoxy) is 1. The van der Waals surface area contributed by atoms with Gasteiger partial charge in [0.2, 0.25) is 0 Å². The van der Waals surface area contributed by atoms with Gasteiger partial charge in [-0.15, -0.1) is 0 Å². The van der Waals surface area contributed by atoms with Gasteiger partial charge in [-0.2, -0.15) is 0 Å². The number of aryl methyl sites for hydroxylation is 1. The van der Waals surface area contributed by atoms with Gasteiger partial charge in [-0.25, -0.2) is 9.97 Å². The van der Waals surface area contributed by atoms with Crippen molar-refractivity contribution >= 4 is 21.7 Å². The molecule has 94 valence electrons. The van der Waals surface area contributed by atoms with Gasteiger partial charge in [-0.1, -0.05) is 0 Å². The molecule has 0 N–H and O–H groups in total. The molecule has 0 saturated carbocycles. The summed E-state index contributed by atoms with van der Waals surface area (Å²) in [4.78, 5) is 11.0. The van der Waals surface area contributed by atoms with Gasteiger partial charge in [0, 0.05) is 25.8 Å². The highest BCUT2D eigenvalue weighted by atomic mass is 79.9. The van der Waals surface area contributed by atoms with Crippen molar-refractivity contribution in [2.45, 2.75) is 32.8 Å². The molecular weight excluding hydrogens is 282 g/mol. The summed E-state index contributed by atoms with van der Waals surface area (Å²) < 4.78 is 6.50. The van der Waals surface area contributed by atoms with Crippen molar-refractivity contribution in [2.75, 3.05) is 24.6 Å². The number of aromatic nitrogens is 2. The SMILES string of the molecule is CCOC1CCN(c2cc(Br)nc(C)n2)CC1. The standard InChI is InChI=1S/C12H18BrN3O/c1-3-17-10-4-6-16(7-5-10)12-8-11(13)14-9(2)15-12/h8,10H,3-7H2,1-2H3. The van der Waals surface area contributed by atoms with Crippen LogP contribution in [0.3, 0.4) is 0 Å². The van der Waals surface area contributed by atoms with E-state index in [1.165, 1.54) is 0 Å². The third kappa shape index (κ3) is 3.39. The Labute approximate surface area is 111 Å². The molecule has 5 heteroatoms. The van der Waals surface area contributed by atoms with Crippen LogP contribution < -0.4 is 4.90 Å². The maximum Gasteiger partial charge on any atom is 0.133 e. The molecule has 0 aliphatic carbocycles. The van der Waals surface area contributed by atoms with E-state index in [4.69, 9.17) is 4.74 Å². The van der Waals surface area contributed by atoms with Crippen LogP contribution in [0.2, 0.25) is 0 Å². The minimum atomic E-state index is 0.419. The van der Waals surface area contributed by atoms with Gasteiger partial charge in [-0.05, 0) is 42.6 Å². The number of nitrogens with zero attached hydrogens (tertiary/aromatic N) is 3. The fourth-order valence-corrected chi connectivity index (χ4v) is 2.63. The van der Waals surface area contributed by atoms with Crippen LogP contribution in [0.15, 0.2) is 10.7 Å². The van der Waals surface area contributed by atoms with Crippen LogP contribution in [0.5, 0.6) is 0 Å². The highest BCUT2D eigenvalue weighted by Gasteiger charge is 2.20. The van der Waals surface area contributed by atoms with E-state index in [0.29, 0.717) is 6.10 Å². The first kappa shape index (κ1) is 12.8. The normalized spacial score (nSPS) is 17.5. The molecule has 0 spiro atoms. The van der Waals surface area contributed by atoms with Crippen molar-refractivity contribution in [1.82, 2.24) is 9.97 Å². The van der Waals surface area contributed by atoms with E-state index in [0.717, 1.165) is 48.8 Å². The van der Waals surface area contributed by atoms with E-state index in [1.807, 2.05) is 13.0 Å². The Morgan fingerprint density at radius 3 is 2.71 bits per heavy atom. The predicted octanol–water partition coefficient (Wildman–Crippen LogP) is 2.55. The fraction of sp³-hybridized carbons (Fsp3) is 0.667. The van der Waals surface area contributed by atoms with Crippen LogP contribution in [0.4, 0.5) is 5.82 Å². The molecule has 0 amide bonds. The monoisotopic (exact) mass is 299 g/mol. The number of anilines is 1. The number of hydrogen-bond donors (Lipinski definition) is 0. The first-order valence-corrected chi connectivity index (χ1v) is 6.86. The first-order chi connectivity index (χ1) is 8.19. The topological polar surface area (TPSA) is 38.2 Å². The molecule has 4 nitrogen and oxygen atoms in total. The summed E-state index contributed by atoms with van der Waals surface area (Å²) in [6.07, 6.45) is 2.57. The zero-order valence-corrected chi connectivity index (χ0v) is 11.9. The summed E-state index contributed by atoms with van der Waals surface area (Å²) in [5, 5.41) is 0. The summed E-state index contributed by atoms with van der Waals surface area (Å²) in [7, 11) is 0. The number of rotatable bonds is 3. The van der Waals surface area contributed by atoms with E-state index in [-0.39, 0.29) is 0 Å². The Balaban J connectivity index is 2.00. The van der Waals surface area contributed by atoms with Crippen molar-refractivity contribution in [1.29, 1.82) is 0 Å². The van der Waals surface area contributed by atoms with E-state index < -0.39 is 0 Å². The summed E-state index contributed by atoms with van der Waals surface area (Å²) in [6.45, 7) is 6.79. The molecule has 1 aliphatic heterocycles. The zero-order valence-electron chi connectivity index (χ0n) is 10.3. The van der Waals surface area contributed by atoms with Crippen molar-refractivity contribution in [3.05, 3.63) is 16.5 Å². The van der Waals surface area contributed by atoms with Crippen LogP contribution in [0.25, 0.3) is 0 Å². The minimum absolute atomic E-state index is 0.419. The highest BCUT2D eigenvalue weighted by molar-refractivity contribution is 9.10. The van der Waals surface area contributed by atoms with Crippen LogP contribution in [0, 0.1) is 6.92 Å². The average Bonchev–Trinajstić information content (AvgIpc) is 2.29. The van der Waals surface area contributed by atoms with Crippen LogP contribution >= 0.6 is 15.9 Å². The quantitative estimate of drug-likeness (QED) is 0.804. The molecule has 1 saturated heterocycles. The molecule has 2 heterocycles. The van der Waals surface area contributed by atoms with E-state index in [1.54, 1.807) is 0 Å². The molecule has 1 aromatic rings. The minimum Gasteiger partial charge on any atom is -0.378 e. The van der Waals surface area contributed by atoms with Gasteiger partial charge in [0.05, 0.1) is 6.10 Å². The molecule has 1 fully saturated rings. The maximum absolute atomic E-state index is 5.65. The summed E-state index contributed by atoms with van der Waals surface area (Å²) in [5.74, 6) is 1.82. The van der Waals surface area contributed by atoms with Gasteiger partial charge in [0.25, 0.3) is 0 Å². The van der Waals surface area contributed by atoms with E-state index in [2.05, 4.69) is 37.7 Å². The van der Waals surface area contributed by atoms with Crippen molar-refractivity contribution < 1.29 is 4.74 Å². The zero-order chi connectivity index (χ0) is 12.3. The molecule has 0 radical (unpaired) electrons. The Morgan fingerprint density at radius 1 is 1.41 bits per heavy atom.